The first-order valence-corrected chi connectivity index (χ1v) is 3.77. The van der Waals surface area contributed by atoms with Gasteiger partial charge < -0.3 is 8.83 Å². The lowest BCUT2D eigenvalue weighted by Crippen LogP contribution is -1.77. The van der Waals surface area contributed by atoms with E-state index in [1.807, 2.05) is 6.92 Å². The standard InChI is InChI=1S/C9H7NO3/c1-6-2-3-8(13-6)9-10-7(4-11)5-12-9/h2-5H,1H3. The number of carbonyl (C=O) groups excluding carboxylic acids is 1. The minimum Gasteiger partial charge on any atom is -0.456 e. The molecule has 2 aromatic rings. The van der Waals surface area contributed by atoms with Gasteiger partial charge in [-0.3, -0.25) is 4.79 Å². The van der Waals surface area contributed by atoms with Gasteiger partial charge in [-0.15, -0.1) is 0 Å². The lowest BCUT2D eigenvalue weighted by molar-refractivity contribution is 0.111. The summed E-state index contributed by atoms with van der Waals surface area (Å²) in [4.78, 5) is 14.2. The first-order chi connectivity index (χ1) is 6.29. The van der Waals surface area contributed by atoms with Gasteiger partial charge in [0, 0.05) is 0 Å². The average molecular weight is 177 g/mol. The summed E-state index contributed by atoms with van der Waals surface area (Å²) in [6, 6.07) is 3.55. The van der Waals surface area contributed by atoms with E-state index in [2.05, 4.69) is 4.98 Å². The van der Waals surface area contributed by atoms with Crippen LogP contribution in [0.4, 0.5) is 0 Å². The number of hydrogen-bond acceptors (Lipinski definition) is 4. The molecule has 4 nitrogen and oxygen atoms in total. The molecule has 66 valence electrons. The smallest absolute Gasteiger partial charge is 0.263 e. The number of hydrogen-bond donors (Lipinski definition) is 0. The van der Waals surface area contributed by atoms with Crippen molar-refractivity contribution in [1.29, 1.82) is 0 Å². The van der Waals surface area contributed by atoms with E-state index < -0.39 is 0 Å². The third-order valence-electron chi connectivity index (χ3n) is 1.59. The van der Waals surface area contributed by atoms with E-state index in [4.69, 9.17) is 8.83 Å². The molecular weight excluding hydrogens is 170 g/mol. The average Bonchev–Trinajstić information content (AvgIpc) is 2.71. The third-order valence-corrected chi connectivity index (χ3v) is 1.59. The van der Waals surface area contributed by atoms with Crippen molar-refractivity contribution in [3.05, 3.63) is 29.9 Å². The van der Waals surface area contributed by atoms with Crippen LogP contribution in [-0.2, 0) is 0 Å². The maximum absolute atomic E-state index is 10.3. The Morgan fingerprint density at radius 2 is 2.31 bits per heavy atom. The highest BCUT2D eigenvalue weighted by Crippen LogP contribution is 2.20. The number of aromatic nitrogens is 1. The fraction of sp³-hybridized carbons (Fsp3) is 0.111. The summed E-state index contributed by atoms with van der Waals surface area (Å²) in [5.74, 6) is 1.64. The van der Waals surface area contributed by atoms with Gasteiger partial charge in [0.15, 0.2) is 12.0 Å². The molecule has 0 N–H and O–H groups in total. The lowest BCUT2D eigenvalue weighted by atomic mass is 10.4. The van der Waals surface area contributed by atoms with Crippen LogP contribution in [0.25, 0.3) is 11.7 Å². The van der Waals surface area contributed by atoms with Gasteiger partial charge in [-0.2, -0.15) is 0 Å². The fourth-order valence-corrected chi connectivity index (χ4v) is 1.00. The van der Waals surface area contributed by atoms with Gasteiger partial charge in [0.1, 0.15) is 17.7 Å². The molecule has 0 bridgehead atoms. The van der Waals surface area contributed by atoms with Gasteiger partial charge >= 0.3 is 0 Å². The Morgan fingerprint density at radius 3 is 2.85 bits per heavy atom. The van der Waals surface area contributed by atoms with Crippen LogP contribution in [0.15, 0.2) is 27.2 Å². The Hall–Kier alpha value is -1.84. The summed E-state index contributed by atoms with van der Waals surface area (Å²) < 4.78 is 10.3. The monoisotopic (exact) mass is 177 g/mol. The quantitative estimate of drug-likeness (QED) is 0.659. The predicted octanol–water partition coefficient (Wildman–Crippen LogP) is 2.06. The second-order valence-electron chi connectivity index (χ2n) is 2.61. The van der Waals surface area contributed by atoms with Crippen LogP contribution in [0.1, 0.15) is 16.2 Å². The lowest BCUT2D eigenvalue weighted by Gasteiger charge is -1.85. The highest BCUT2D eigenvalue weighted by atomic mass is 16.4. The first kappa shape index (κ1) is 7.79. The van der Waals surface area contributed by atoms with Gasteiger partial charge in [-0.1, -0.05) is 0 Å². The highest BCUT2D eigenvalue weighted by molar-refractivity contribution is 5.71. The minimum atomic E-state index is 0.268. The highest BCUT2D eigenvalue weighted by Gasteiger charge is 2.09. The van der Waals surface area contributed by atoms with Crippen LogP contribution in [0, 0.1) is 6.92 Å². The Bertz CT molecular complexity index is 428. The zero-order valence-electron chi connectivity index (χ0n) is 6.98. The van der Waals surface area contributed by atoms with Crippen molar-refractivity contribution in [3.8, 4) is 11.7 Å². The number of furan rings is 1. The van der Waals surface area contributed by atoms with Crippen LogP contribution in [0.5, 0.6) is 0 Å². The van der Waals surface area contributed by atoms with Crippen molar-refractivity contribution in [2.24, 2.45) is 0 Å². The molecule has 0 aliphatic heterocycles. The molecule has 0 fully saturated rings. The van der Waals surface area contributed by atoms with E-state index in [1.165, 1.54) is 6.26 Å². The van der Waals surface area contributed by atoms with E-state index in [-0.39, 0.29) is 5.69 Å². The molecule has 0 atom stereocenters. The zero-order valence-corrected chi connectivity index (χ0v) is 6.98. The predicted molar refractivity (Wildman–Crippen MR) is 44.3 cm³/mol. The third kappa shape index (κ3) is 1.38. The molecule has 0 aromatic carbocycles. The second-order valence-corrected chi connectivity index (χ2v) is 2.61. The number of carbonyl (C=O) groups is 1. The number of rotatable bonds is 2. The van der Waals surface area contributed by atoms with Crippen LogP contribution in [-0.4, -0.2) is 11.3 Å². The molecule has 0 amide bonds. The van der Waals surface area contributed by atoms with Gasteiger partial charge in [0.25, 0.3) is 5.89 Å². The molecule has 0 saturated heterocycles. The van der Waals surface area contributed by atoms with E-state index in [9.17, 15) is 4.79 Å². The Labute approximate surface area is 74.2 Å². The van der Waals surface area contributed by atoms with Crippen molar-refractivity contribution < 1.29 is 13.6 Å². The number of aryl methyl sites for hydroxylation is 1. The van der Waals surface area contributed by atoms with Crippen molar-refractivity contribution in [1.82, 2.24) is 4.98 Å². The molecule has 4 heteroatoms. The van der Waals surface area contributed by atoms with Crippen molar-refractivity contribution in [2.75, 3.05) is 0 Å². The van der Waals surface area contributed by atoms with Crippen LogP contribution >= 0.6 is 0 Å². The minimum absolute atomic E-state index is 0.268. The van der Waals surface area contributed by atoms with E-state index in [1.54, 1.807) is 12.1 Å². The Morgan fingerprint density at radius 1 is 1.46 bits per heavy atom. The van der Waals surface area contributed by atoms with Crippen LogP contribution < -0.4 is 0 Å². The maximum Gasteiger partial charge on any atom is 0.263 e. The van der Waals surface area contributed by atoms with Gasteiger partial charge in [0.05, 0.1) is 0 Å². The van der Waals surface area contributed by atoms with Crippen molar-refractivity contribution >= 4 is 6.29 Å². The molecule has 0 aliphatic rings. The second kappa shape index (κ2) is 2.90. The summed E-state index contributed by atoms with van der Waals surface area (Å²) in [6.45, 7) is 1.83. The SMILES string of the molecule is Cc1ccc(-c2nc(C=O)co2)o1. The molecular formula is C9H7NO3. The fourth-order valence-electron chi connectivity index (χ4n) is 1.00. The zero-order chi connectivity index (χ0) is 9.26. The van der Waals surface area contributed by atoms with Crippen LogP contribution in [0.3, 0.4) is 0 Å². The van der Waals surface area contributed by atoms with Gasteiger partial charge in [-0.05, 0) is 19.1 Å². The molecule has 0 unspecified atom stereocenters. The molecule has 13 heavy (non-hydrogen) atoms. The summed E-state index contributed by atoms with van der Waals surface area (Å²) in [5.41, 5.74) is 0.268. The number of aldehydes is 1. The molecule has 2 heterocycles. The van der Waals surface area contributed by atoms with Gasteiger partial charge in [-0.25, -0.2) is 4.98 Å². The van der Waals surface area contributed by atoms with E-state index >= 15 is 0 Å². The molecule has 0 spiro atoms. The summed E-state index contributed by atoms with van der Waals surface area (Å²) in [6.07, 6.45) is 1.92. The summed E-state index contributed by atoms with van der Waals surface area (Å²) in [5, 5.41) is 0. The number of nitrogens with zero attached hydrogens (tertiary/aromatic N) is 1. The normalized spacial score (nSPS) is 10.2. The maximum atomic E-state index is 10.3. The first-order valence-electron chi connectivity index (χ1n) is 3.77. The Balaban J connectivity index is 2.40. The molecule has 0 aliphatic carbocycles. The largest absolute Gasteiger partial charge is 0.456 e. The molecule has 0 saturated carbocycles. The topological polar surface area (TPSA) is 56.2 Å². The van der Waals surface area contributed by atoms with Crippen molar-refractivity contribution in [3.63, 3.8) is 0 Å². The van der Waals surface area contributed by atoms with Gasteiger partial charge in [0.2, 0.25) is 0 Å². The number of oxazole rings is 1. The summed E-state index contributed by atoms with van der Waals surface area (Å²) >= 11 is 0. The van der Waals surface area contributed by atoms with E-state index in [0.29, 0.717) is 17.9 Å². The molecule has 2 aromatic heterocycles. The Kier molecular flexibility index (Phi) is 1.73. The molecule has 2 rings (SSSR count). The van der Waals surface area contributed by atoms with E-state index in [0.717, 1.165) is 5.76 Å². The van der Waals surface area contributed by atoms with Crippen molar-refractivity contribution in [2.45, 2.75) is 6.92 Å². The summed E-state index contributed by atoms with van der Waals surface area (Å²) in [7, 11) is 0. The van der Waals surface area contributed by atoms with Crippen LogP contribution in [0.2, 0.25) is 0 Å². The molecule has 0 radical (unpaired) electrons.